The van der Waals surface area contributed by atoms with Crippen LogP contribution in [-0.4, -0.2) is 65.7 Å². The van der Waals surface area contributed by atoms with Gasteiger partial charge in [-0.05, 0) is 24.0 Å². The van der Waals surface area contributed by atoms with Crippen LogP contribution in [0.2, 0.25) is 0 Å². The van der Waals surface area contributed by atoms with Crippen molar-refractivity contribution in [3.8, 4) is 11.3 Å². The van der Waals surface area contributed by atoms with Crippen LogP contribution in [0.5, 0.6) is 0 Å². The van der Waals surface area contributed by atoms with E-state index in [1.54, 1.807) is 0 Å². The number of hydrogen-bond donors (Lipinski definition) is 3. The molecular weight excluding hydrogens is 472 g/mol. The lowest BCUT2D eigenvalue weighted by atomic mass is 10.0. The molecule has 7 nitrogen and oxygen atoms in total. The van der Waals surface area contributed by atoms with Crippen LogP contribution in [0.3, 0.4) is 0 Å². The maximum Gasteiger partial charge on any atom is 0.490 e. The molecule has 186 valence electrons. The fraction of sp³-hybridized carbons (Fsp3) is 0.381. The Morgan fingerprint density at radius 1 is 0.853 bits per heavy atom. The topological polar surface area (TPSA) is 103 Å². The number of pyridine rings is 1. The Kier molecular flexibility index (Phi) is 8.85. The number of anilines is 1. The lowest BCUT2D eigenvalue weighted by Gasteiger charge is -2.19. The lowest BCUT2D eigenvalue weighted by molar-refractivity contribution is -0.193. The first-order chi connectivity index (χ1) is 15.8. The summed E-state index contributed by atoms with van der Waals surface area (Å²) in [7, 11) is 0. The summed E-state index contributed by atoms with van der Waals surface area (Å²) in [5.74, 6) is -3.87. The van der Waals surface area contributed by atoms with Gasteiger partial charge in [-0.1, -0.05) is 30.3 Å². The summed E-state index contributed by atoms with van der Waals surface area (Å²) in [6, 6.07) is 14.7. The van der Waals surface area contributed by atoms with Crippen molar-refractivity contribution in [1.82, 2.24) is 10.3 Å². The largest absolute Gasteiger partial charge is 0.490 e. The van der Waals surface area contributed by atoms with E-state index in [-0.39, 0.29) is 0 Å². The minimum Gasteiger partial charge on any atom is -0.475 e. The fourth-order valence-corrected chi connectivity index (χ4v) is 3.42. The summed E-state index contributed by atoms with van der Waals surface area (Å²) in [6.07, 6.45) is -8.14. The molecule has 0 bridgehead atoms. The van der Waals surface area contributed by atoms with Crippen LogP contribution >= 0.6 is 0 Å². The van der Waals surface area contributed by atoms with Crippen molar-refractivity contribution in [2.75, 3.05) is 31.1 Å². The smallest absolute Gasteiger partial charge is 0.475 e. The molecule has 1 aromatic carbocycles. The van der Waals surface area contributed by atoms with E-state index < -0.39 is 24.3 Å². The molecule has 2 aromatic rings. The van der Waals surface area contributed by atoms with Crippen LogP contribution in [0.4, 0.5) is 32.0 Å². The monoisotopic (exact) mass is 493 g/mol. The number of carbonyl (C=O) groups is 2. The summed E-state index contributed by atoms with van der Waals surface area (Å²) < 4.78 is 63.5. The van der Waals surface area contributed by atoms with E-state index >= 15 is 0 Å². The molecule has 1 aromatic heterocycles. The number of rotatable bonds is 2. The van der Waals surface area contributed by atoms with Crippen LogP contribution in [0, 0.1) is 11.8 Å². The number of nitrogens with zero attached hydrogens (tertiary/aromatic N) is 2. The van der Waals surface area contributed by atoms with E-state index in [2.05, 4.69) is 51.6 Å². The summed E-state index contributed by atoms with van der Waals surface area (Å²) >= 11 is 0. The van der Waals surface area contributed by atoms with Crippen molar-refractivity contribution in [3.05, 3.63) is 48.7 Å². The van der Waals surface area contributed by atoms with Gasteiger partial charge in [0.1, 0.15) is 0 Å². The highest BCUT2D eigenvalue weighted by molar-refractivity contribution is 5.73. The number of aromatic nitrogens is 1. The minimum absolute atomic E-state index is 0.823. The minimum atomic E-state index is -5.08. The zero-order chi connectivity index (χ0) is 25.5. The molecule has 2 atom stereocenters. The van der Waals surface area contributed by atoms with E-state index in [0.29, 0.717) is 0 Å². The van der Waals surface area contributed by atoms with Gasteiger partial charge in [-0.25, -0.2) is 9.59 Å². The van der Waals surface area contributed by atoms with E-state index in [0.717, 1.165) is 17.5 Å². The van der Waals surface area contributed by atoms with Gasteiger partial charge >= 0.3 is 24.3 Å². The molecular formula is C21H21F6N3O4. The number of halogens is 6. The molecule has 34 heavy (non-hydrogen) atoms. The molecule has 2 aliphatic heterocycles. The van der Waals surface area contributed by atoms with Crippen LogP contribution in [-0.2, 0) is 9.59 Å². The highest BCUT2D eigenvalue weighted by Gasteiger charge is 2.39. The molecule has 0 saturated carbocycles. The predicted octanol–water partition coefficient (Wildman–Crippen LogP) is 3.67. The van der Waals surface area contributed by atoms with E-state index in [1.165, 1.54) is 37.4 Å². The molecule has 3 N–H and O–H groups in total. The quantitative estimate of drug-likeness (QED) is 0.549. The second-order valence-corrected chi connectivity index (χ2v) is 7.46. The van der Waals surface area contributed by atoms with Crippen molar-refractivity contribution < 1.29 is 46.1 Å². The predicted molar refractivity (Wildman–Crippen MR) is 109 cm³/mol. The molecule has 13 heteroatoms. The van der Waals surface area contributed by atoms with Gasteiger partial charge in [0, 0.05) is 31.7 Å². The Labute approximate surface area is 190 Å². The number of alkyl halides is 6. The highest BCUT2D eigenvalue weighted by Crippen LogP contribution is 2.30. The van der Waals surface area contributed by atoms with E-state index in [1.807, 2.05) is 12.3 Å². The number of hydrogen-bond acceptors (Lipinski definition) is 5. The second kappa shape index (κ2) is 11.2. The van der Waals surface area contributed by atoms with Crippen LogP contribution in [0.25, 0.3) is 11.3 Å². The molecule has 3 heterocycles. The van der Waals surface area contributed by atoms with Crippen molar-refractivity contribution in [2.24, 2.45) is 11.8 Å². The summed E-state index contributed by atoms with van der Waals surface area (Å²) in [6.45, 7) is 4.70. The van der Waals surface area contributed by atoms with Crippen molar-refractivity contribution >= 4 is 17.6 Å². The zero-order valence-corrected chi connectivity index (χ0v) is 17.5. The molecule has 0 spiro atoms. The van der Waals surface area contributed by atoms with Gasteiger partial charge in [0.15, 0.2) is 0 Å². The third-order valence-electron chi connectivity index (χ3n) is 5.06. The molecule has 2 fully saturated rings. The van der Waals surface area contributed by atoms with E-state index in [4.69, 9.17) is 19.8 Å². The molecule has 0 amide bonds. The third-order valence-corrected chi connectivity index (χ3v) is 5.06. The Bertz CT molecular complexity index is 916. The van der Waals surface area contributed by atoms with Gasteiger partial charge in [-0.15, -0.1) is 0 Å². The first-order valence-corrected chi connectivity index (χ1v) is 9.86. The number of nitrogens with one attached hydrogen (secondary N) is 1. The van der Waals surface area contributed by atoms with Crippen molar-refractivity contribution in [1.29, 1.82) is 0 Å². The first-order valence-electron chi connectivity index (χ1n) is 9.86. The average Bonchev–Trinajstić information content (AvgIpc) is 3.36. The van der Waals surface area contributed by atoms with Gasteiger partial charge in [0.25, 0.3) is 0 Å². The number of fused-ring (bicyclic) bond motifs is 1. The van der Waals surface area contributed by atoms with Crippen LogP contribution in [0.15, 0.2) is 48.7 Å². The van der Waals surface area contributed by atoms with Crippen LogP contribution in [0.1, 0.15) is 0 Å². The standard InChI is InChI=1S/C17H19N3.2C2HF3O2/c1-2-4-13(5-3-1)17-7-6-16(10-19-17)20-11-14-8-18-9-15(14)12-20;2*3-2(4,5)1(6)7/h1-7,10,14-15,18H,8-9,11-12H2;2*(H,6,7). The first kappa shape index (κ1) is 26.9. The Hall–Kier alpha value is -3.35. The summed E-state index contributed by atoms with van der Waals surface area (Å²) in [4.78, 5) is 24.9. The van der Waals surface area contributed by atoms with Crippen molar-refractivity contribution in [3.63, 3.8) is 0 Å². The Balaban J connectivity index is 0.000000244. The fourth-order valence-electron chi connectivity index (χ4n) is 3.42. The summed E-state index contributed by atoms with van der Waals surface area (Å²) in [5, 5.41) is 17.7. The second-order valence-electron chi connectivity index (χ2n) is 7.46. The Morgan fingerprint density at radius 2 is 1.32 bits per heavy atom. The normalized spacial score (nSPS) is 19.3. The van der Waals surface area contributed by atoms with Gasteiger partial charge in [0.05, 0.1) is 17.6 Å². The highest BCUT2D eigenvalue weighted by atomic mass is 19.4. The van der Waals surface area contributed by atoms with Gasteiger partial charge < -0.3 is 20.4 Å². The van der Waals surface area contributed by atoms with Gasteiger partial charge in [0.2, 0.25) is 0 Å². The van der Waals surface area contributed by atoms with Crippen molar-refractivity contribution in [2.45, 2.75) is 12.4 Å². The number of carboxylic acids is 2. The number of benzene rings is 1. The molecule has 4 rings (SSSR count). The molecule has 0 radical (unpaired) electrons. The third kappa shape index (κ3) is 7.90. The molecule has 0 aliphatic carbocycles. The zero-order valence-electron chi connectivity index (χ0n) is 17.5. The van der Waals surface area contributed by atoms with Gasteiger partial charge in [-0.3, -0.25) is 4.98 Å². The molecule has 2 aliphatic rings. The van der Waals surface area contributed by atoms with Crippen LogP contribution < -0.4 is 10.2 Å². The maximum atomic E-state index is 10.6. The lowest BCUT2D eigenvalue weighted by Crippen LogP contribution is -2.25. The molecule has 2 saturated heterocycles. The average molecular weight is 493 g/mol. The number of aliphatic carboxylic acids is 2. The molecule has 2 unspecified atom stereocenters. The SMILES string of the molecule is O=C(O)C(F)(F)F.O=C(O)C(F)(F)F.c1ccc(-c2ccc(N3CC4CNCC4C3)cn2)cc1. The summed E-state index contributed by atoms with van der Waals surface area (Å²) in [5.41, 5.74) is 3.50. The Morgan fingerprint density at radius 3 is 1.71 bits per heavy atom. The van der Waals surface area contributed by atoms with Gasteiger partial charge in [-0.2, -0.15) is 26.3 Å². The maximum absolute atomic E-state index is 10.6. The number of carboxylic acid groups (broad SMARTS) is 2. The van der Waals surface area contributed by atoms with E-state index in [9.17, 15) is 26.3 Å².